The molecule has 0 aliphatic heterocycles. The number of carbonyl (C=O) groups is 2. The van der Waals surface area contributed by atoms with Gasteiger partial charge < -0.3 is 10.6 Å². The van der Waals surface area contributed by atoms with E-state index in [0.29, 0.717) is 17.8 Å². The average Bonchev–Trinajstić information content (AvgIpc) is 2.83. The maximum Gasteiger partial charge on any atom is 0.253 e. The van der Waals surface area contributed by atoms with Gasteiger partial charge in [0.2, 0.25) is 5.91 Å². The Bertz CT molecular complexity index is 1260. The quantitative estimate of drug-likeness (QED) is 0.390. The largest absolute Gasteiger partial charge is 0.352 e. The molecule has 4 aromatic rings. The minimum absolute atomic E-state index is 0.213. The van der Waals surface area contributed by atoms with Gasteiger partial charge in [0.15, 0.2) is 0 Å². The van der Waals surface area contributed by atoms with Crippen molar-refractivity contribution < 1.29 is 9.59 Å². The molecule has 4 heteroatoms. The van der Waals surface area contributed by atoms with Gasteiger partial charge in [0.1, 0.15) is 0 Å². The second-order valence-electron chi connectivity index (χ2n) is 7.43. The van der Waals surface area contributed by atoms with Gasteiger partial charge in [0.25, 0.3) is 5.91 Å². The highest BCUT2D eigenvalue weighted by molar-refractivity contribution is 6.08. The molecular weight excluding hydrogens is 396 g/mol. The van der Waals surface area contributed by atoms with E-state index in [9.17, 15) is 9.59 Å². The number of hydrogen-bond acceptors (Lipinski definition) is 2. The first-order chi connectivity index (χ1) is 15.7. The van der Waals surface area contributed by atoms with Crippen LogP contribution >= 0.6 is 0 Å². The fourth-order valence-corrected chi connectivity index (χ4v) is 3.59. The van der Waals surface area contributed by atoms with E-state index in [2.05, 4.69) is 10.6 Å². The van der Waals surface area contributed by atoms with Gasteiger partial charge in [0, 0.05) is 12.6 Å². The monoisotopic (exact) mass is 420 g/mol. The average molecular weight is 421 g/mol. The molecule has 4 nitrogen and oxygen atoms in total. The Kier molecular flexibility index (Phi) is 6.73. The maximum absolute atomic E-state index is 12.7. The van der Waals surface area contributed by atoms with Gasteiger partial charge in [-0.15, -0.1) is 0 Å². The second-order valence-corrected chi connectivity index (χ2v) is 7.43. The number of anilines is 1. The Balaban J connectivity index is 1.41. The zero-order valence-electron chi connectivity index (χ0n) is 17.6. The number of carbonyl (C=O) groups excluding carboxylic acids is 2. The smallest absolute Gasteiger partial charge is 0.253 e. The van der Waals surface area contributed by atoms with Crippen LogP contribution in [-0.4, -0.2) is 18.4 Å². The highest BCUT2D eigenvalue weighted by atomic mass is 16.2. The Morgan fingerprint density at radius 3 is 2.34 bits per heavy atom. The predicted molar refractivity (Wildman–Crippen MR) is 131 cm³/mol. The number of rotatable bonds is 7. The SMILES string of the molecule is O=C(C=Cc1cccc2ccccc12)Nc1ccccc1C(=O)NCCc1ccccc1. The predicted octanol–water partition coefficient (Wildman–Crippen LogP) is 5.46. The lowest BCUT2D eigenvalue weighted by atomic mass is 10.0. The Morgan fingerprint density at radius 2 is 1.47 bits per heavy atom. The van der Waals surface area contributed by atoms with Gasteiger partial charge in [-0.1, -0.05) is 84.9 Å². The maximum atomic E-state index is 12.7. The van der Waals surface area contributed by atoms with Crippen LogP contribution in [0.2, 0.25) is 0 Å². The van der Waals surface area contributed by atoms with Crippen molar-refractivity contribution in [1.29, 1.82) is 0 Å². The molecule has 32 heavy (non-hydrogen) atoms. The third-order valence-corrected chi connectivity index (χ3v) is 5.21. The van der Waals surface area contributed by atoms with Gasteiger partial charge in [-0.2, -0.15) is 0 Å². The fraction of sp³-hybridized carbons (Fsp3) is 0.0714. The second kappa shape index (κ2) is 10.2. The molecular formula is C28H24N2O2. The lowest BCUT2D eigenvalue weighted by Gasteiger charge is -2.10. The fourth-order valence-electron chi connectivity index (χ4n) is 3.59. The van der Waals surface area contributed by atoms with Crippen molar-refractivity contribution >= 4 is 34.4 Å². The summed E-state index contributed by atoms with van der Waals surface area (Å²) in [6, 6.07) is 31.0. The highest BCUT2D eigenvalue weighted by Gasteiger charge is 2.12. The first kappa shape index (κ1) is 21.1. The first-order valence-electron chi connectivity index (χ1n) is 10.6. The molecule has 2 amide bonds. The molecule has 0 bridgehead atoms. The minimum atomic E-state index is -0.289. The van der Waals surface area contributed by atoms with E-state index in [1.807, 2.05) is 72.8 Å². The van der Waals surface area contributed by atoms with Crippen LogP contribution in [0.4, 0.5) is 5.69 Å². The topological polar surface area (TPSA) is 58.2 Å². The highest BCUT2D eigenvalue weighted by Crippen LogP contribution is 2.20. The van der Waals surface area contributed by atoms with Crippen molar-refractivity contribution in [2.24, 2.45) is 0 Å². The van der Waals surface area contributed by atoms with E-state index in [0.717, 1.165) is 28.3 Å². The van der Waals surface area contributed by atoms with Crippen LogP contribution in [0.3, 0.4) is 0 Å². The third-order valence-electron chi connectivity index (χ3n) is 5.21. The molecule has 0 aromatic heterocycles. The molecule has 0 aliphatic carbocycles. The number of amides is 2. The number of fused-ring (bicyclic) bond motifs is 1. The third kappa shape index (κ3) is 5.29. The molecule has 0 saturated heterocycles. The van der Waals surface area contributed by atoms with Crippen molar-refractivity contribution in [1.82, 2.24) is 5.32 Å². The van der Waals surface area contributed by atoms with Gasteiger partial charge in [-0.25, -0.2) is 0 Å². The molecule has 0 heterocycles. The molecule has 158 valence electrons. The molecule has 0 aliphatic rings. The van der Waals surface area contributed by atoms with Crippen molar-refractivity contribution in [2.45, 2.75) is 6.42 Å². The summed E-state index contributed by atoms with van der Waals surface area (Å²) in [5.74, 6) is -0.502. The van der Waals surface area contributed by atoms with Crippen LogP contribution < -0.4 is 10.6 Å². The number of para-hydroxylation sites is 1. The summed E-state index contributed by atoms with van der Waals surface area (Å²) in [6.07, 6.45) is 4.03. The van der Waals surface area contributed by atoms with E-state index in [4.69, 9.17) is 0 Å². The molecule has 0 unspecified atom stereocenters. The number of nitrogens with one attached hydrogen (secondary N) is 2. The molecule has 0 saturated carbocycles. The van der Waals surface area contributed by atoms with E-state index in [1.54, 1.807) is 30.3 Å². The van der Waals surface area contributed by atoms with Gasteiger partial charge in [0.05, 0.1) is 11.3 Å². The lowest BCUT2D eigenvalue weighted by Crippen LogP contribution is -2.27. The Morgan fingerprint density at radius 1 is 0.750 bits per heavy atom. The molecule has 0 radical (unpaired) electrons. The van der Waals surface area contributed by atoms with Crippen LogP contribution in [0.25, 0.3) is 16.8 Å². The lowest BCUT2D eigenvalue weighted by molar-refractivity contribution is -0.111. The van der Waals surface area contributed by atoms with Crippen molar-refractivity contribution in [3.63, 3.8) is 0 Å². The van der Waals surface area contributed by atoms with Crippen LogP contribution in [0, 0.1) is 0 Å². The summed E-state index contributed by atoms with van der Waals surface area (Å²) in [5, 5.41) is 7.96. The Hall–Kier alpha value is -4.18. The molecule has 0 spiro atoms. The van der Waals surface area contributed by atoms with Crippen LogP contribution in [0.15, 0.2) is 103 Å². The first-order valence-corrected chi connectivity index (χ1v) is 10.6. The zero-order valence-corrected chi connectivity index (χ0v) is 17.6. The Labute approximate surface area is 187 Å². The summed E-state index contributed by atoms with van der Waals surface area (Å²) >= 11 is 0. The molecule has 4 rings (SSSR count). The molecule has 0 atom stereocenters. The summed E-state index contributed by atoms with van der Waals surface area (Å²) < 4.78 is 0. The van der Waals surface area contributed by atoms with Crippen molar-refractivity contribution in [3.8, 4) is 0 Å². The van der Waals surface area contributed by atoms with Crippen molar-refractivity contribution in [3.05, 3.63) is 120 Å². The zero-order chi connectivity index (χ0) is 22.2. The normalized spacial score (nSPS) is 10.9. The summed E-state index contributed by atoms with van der Waals surface area (Å²) in [6.45, 7) is 0.520. The number of benzene rings is 4. The van der Waals surface area contributed by atoms with Gasteiger partial charge in [-0.05, 0) is 46.5 Å². The standard InChI is InChI=1S/C28H24N2O2/c31-27(18-17-23-13-8-12-22-11-4-5-14-24(22)23)30-26-16-7-6-15-25(26)28(32)29-20-19-21-9-2-1-3-10-21/h1-18H,19-20H2,(H,29,32)(H,30,31). The number of hydrogen-bond donors (Lipinski definition) is 2. The van der Waals surface area contributed by atoms with E-state index >= 15 is 0 Å². The van der Waals surface area contributed by atoms with Gasteiger partial charge in [-0.3, -0.25) is 9.59 Å². The summed E-state index contributed by atoms with van der Waals surface area (Å²) in [7, 11) is 0. The molecule has 0 fully saturated rings. The summed E-state index contributed by atoms with van der Waals surface area (Å²) in [5.41, 5.74) is 3.04. The van der Waals surface area contributed by atoms with E-state index < -0.39 is 0 Å². The van der Waals surface area contributed by atoms with Gasteiger partial charge >= 0.3 is 0 Å². The molecule has 2 N–H and O–H groups in total. The van der Waals surface area contributed by atoms with E-state index in [1.165, 1.54) is 6.08 Å². The van der Waals surface area contributed by atoms with Crippen molar-refractivity contribution in [2.75, 3.05) is 11.9 Å². The van der Waals surface area contributed by atoms with Crippen LogP contribution in [0.1, 0.15) is 21.5 Å². The van der Waals surface area contributed by atoms with Crippen LogP contribution in [0.5, 0.6) is 0 Å². The summed E-state index contributed by atoms with van der Waals surface area (Å²) in [4.78, 5) is 25.2. The molecule has 4 aromatic carbocycles. The minimum Gasteiger partial charge on any atom is -0.352 e. The van der Waals surface area contributed by atoms with Crippen LogP contribution in [-0.2, 0) is 11.2 Å². The van der Waals surface area contributed by atoms with E-state index in [-0.39, 0.29) is 11.8 Å².